The van der Waals surface area contributed by atoms with E-state index in [-0.39, 0.29) is 18.2 Å². The molecular formula is C36H72N6O12. The Morgan fingerprint density at radius 2 is 0.870 bits per heavy atom. The minimum Gasteiger partial charge on any atom is -0.444 e. The van der Waals surface area contributed by atoms with Gasteiger partial charge in [0.2, 0.25) is 11.8 Å². The summed E-state index contributed by atoms with van der Waals surface area (Å²) in [5, 5.41) is 8.28. The Hall–Kier alpha value is -2.84. The number of amides is 4. The number of nitrogens with zero attached hydrogens (tertiary/aromatic N) is 3. The molecule has 3 N–H and O–H groups in total. The molecule has 0 saturated heterocycles. The number of ether oxygens (including phenoxy) is 8. The molecule has 0 aliphatic carbocycles. The predicted octanol–water partition coefficient (Wildman–Crippen LogP) is 0.964. The van der Waals surface area contributed by atoms with E-state index in [1.807, 2.05) is 55.6 Å². The lowest BCUT2D eigenvalue weighted by Crippen LogP contribution is -2.42. The number of hydrogen-bond acceptors (Lipinski definition) is 14. The third kappa shape index (κ3) is 36.2. The van der Waals surface area contributed by atoms with Crippen LogP contribution in [0.25, 0.3) is 0 Å². The van der Waals surface area contributed by atoms with E-state index in [2.05, 4.69) is 20.9 Å². The van der Waals surface area contributed by atoms with E-state index in [0.29, 0.717) is 132 Å². The molecule has 0 unspecified atom stereocenters. The SMILES string of the molecule is CN(C)CC(=O)N(C)CCC(=O)NCCOCCOCCOCCOCCOCCOCCN(CCNC(=O)OC(C)(C)C)CCNC(=O)OC(C)(C)C. The Morgan fingerprint density at radius 3 is 1.26 bits per heavy atom. The zero-order valence-corrected chi connectivity index (χ0v) is 34.6. The number of alkyl carbamates (subject to hydrolysis) is 2. The van der Waals surface area contributed by atoms with Crippen LogP contribution in [0.2, 0.25) is 0 Å². The van der Waals surface area contributed by atoms with Crippen molar-refractivity contribution < 1.29 is 57.1 Å². The molecule has 0 aliphatic heterocycles. The molecule has 0 rings (SSSR count). The topological polar surface area (TPSA) is 188 Å². The van der Waals surface area contributed by atoms with Crippen LogP contribution in [0.4, 0.5) is 9.59 Å². The number of hydrogen-bond donors (Lipinski definition) is 3. The number of nitrogens with one attached hydrogen (secondary N) is 3. The van der Waals surface area contributed by atoms with Crippen LogP contribution < -0.4 is 16.0 Å². The van der Waals surface area contributed by atoms with Gasteiger partial charge in [-0.25, -0.2) is 9.59 Å². The van der Waals surface area contributed by atoms with Crippen LogP contribution in [0.15, 0.2) is 0 Å². The van der Waals surface area contributed by atoms with Gasteiger partial charge in [0.05, 0.1) is 85.8 Å². The predicted molar refractivity (Wildman–Crippen MR) is 204 cm³/mol. The molecule has 0 radical (unpaired) electrons. The van der Waals surface area contributed by atoms with Crippen molar-refractivity contribution in [2.75, 3.05) is 153 Å². The van der Waals surface area contributed by atoms with Gasteiger partial charge in [-0.2, -0.15) is 0 Å². The minimum atomic E-state index is -0.576. The molecule has 0 aromatic rings. The molecule has 0 aromatic carbocycles. The highest BCUT2D eigenvalue weighted by Crippen LogP contribution is 2.07. The van der Waals surface area contributed by atoms with Crippen molar-refractivity contribution in [1.29, 1.82) is 0 Å². The average Bonchev–Trinajstić information content (AvgIpc) is 3.05. The van der Waals surface area contributed by atoms with Gasteiger partial charge in [-0.15, -0.1) is 0 Å². The largest absolute Gasteiger partial charge is 0.444 e. The first-order valence-corrected chi connectivity index (χ1v) is 18.8. The first-order valence-electron chi connectivity index (χ1n) is 18.8. The average molecular weight is 781 g/mol. The quantitative estimate of drug-likeness (QED) is 0.0820. The molecule has 0 aromatic heterocycles. The highest BCUT2D eigenvalue weighted by atomic mass is 16.6. The first kappa shape index (κ1) is 51.2. The zero-order valence-electron chi connectivity index (χ0n) is 34.6. The van der Waals surface area contributed by atoms with E-state index in [4.69, 9.17) is 37.9 Å². The molecule has 54 heavy (non-hydrogen) atoms. The number of carbonyl (C=O) groups excluding carboxylic acids is 4. The van der Waals surface area contributed by atoms with Crippen LogP contribution in [-0.4, -0.2) is 203 Å². The molecule has 0 bridgehead atoms. The third-order valence-electron chi connectivity index (χ3n) is 6.72. The van der Waals surface area contributed by atoms with E-state index in [0.717, 1.165) is 0 Å². The van der Waals surface area contributed by atoms with E-state index in [1.54, 1.807) is 16.8 Å². The van der Waals surface area contributed by atoms with Crippen LogP contribution in [-0.2, 0) is 47.5 Å². The van der Waals surface area contributed by atoms with E-state index in [9.17, 15) is 19.2 Å². The van der Waals surface area contributed by atoms with Crippen LogP contribution in [0.1, 0.15) is 48.0 Å². The molecule has 0 heterocycles. The van der Waals surface area contributed by atoms with E-state index in [1.165, 1.54) is 0 Å². The van der Waals surface area contributed by atoms with Crippen molar-refractivity contribution in [3.8, 4) is 0 Å². The summed E-state index contributed by atoms with van der Waals surface area (Å²) in [6.07, 6.45) is -0.710. The molecule has 318 valence electrons. The maximum atomic E-state index is 12.0. The molecule has 18 nitrogen and oxygen atoms in total. The van der Waals surface area contributed by atoms with Gasteiger partial charge in [-0.3, -0.25) is 14.5 Å². The zero-order chi connectivity index (χ0) is 40.7. The summed E-state index contributed by atoms with van der Waals surface area (Å²) in [7, 11) is 5.34. The van der Waals surface area contributed by atoms with Crippen LogP contribution in [0.5, 0.6) is 0 Å². The van der Waals surface area contributed by atoms with Gasteiger partial charge in [0, 0.05) is 59.3 Å². The van der Waals surface area contributed by atoms with Crippen molar-refractivity contribution in [3.05, 3.63) is 0 Å². The summed E-state index contributed by atoms with van der Waals surface area (Å²) in [6.45, 7) is 19.5. The van der Waals surface area contributed by atoms with Crippen molar-refractivity contribution in [3.63, 3.8) is 0 Å². The summed E-state index contributed by atoms with van der Waals surface area (Å²) in [4.78, 5) is 53.2. The van der Waals surface area contributed by atoms with Gasteiger partial charge in [0.15, 0.2) is 0 Å². The van der Waals surface area contributed by atoms with Gasteiger partial charge in [-0.05, 0) is 55.6 Å². The summed E-state index contributed by atoms with van der Waals surface area (Å²) < 4.78 is 43.8. The Labute approximate surface area is 323 Å². The Kier molecular flexibility index (Phi) is 29.7. The van der Waals surface area contributed by atoms with E-state index < -0.39 is 23.4 Å². The summed E-state index contributed by atoms with van der Waals surface area (Å²) >= 11 is 0. The van der Waals surface area contributed by atoms with Crippen molar-refractivity contribution >= 4 is 24.0 Å². The van der Waals surface area contributed by atoms with Gasteiger partial charge < -0.3 is 63.6 Å². The second-order valence-electron chi connectivity index (χ2n) is 14.5. The lowest BCUT2D eigenvalue weighted by atomic mass is 10.2. The maximum Gasteiger partial charge on any atom is 0.407 e. The number of rotatable bonds is 32. The van der Waals surface area contributed by atoms with Gasteiger partial charge in [-0.1, -0.05) is 0 Å². The van der Waals surface area contributed by atoms with Gasteiger partial charge in [0.1, 0.15) is 11.2 Å². The molecule has 0 aliphatic rings. The number of carbonyl (C=O) groups is 4. The highest BCUT2D eigenvalue weighted by molar-refractivity contribution is 5.80. The Bertz CT molecular complexity index is 960. The maximum absolute atomic E-state index is 12.0. The standard InChI is InChI=1S/C36H72N6O12/c1-35(2,3)53-33(45)38-11-15-42(16-12-39-34(46)54-36(4,5)6)17-19-48-21-23-50-25-27-52-29-28-51-26-24-49-22-20-47-18-13-37-31(43)10-14-41(9)32(44)30-40(7)8/h10-30H2,1-9H3,(H,37,43)(H,38,45)(H,39,46). The van der Waals surface area contributed by atoms with Crippen molar-refractivity contribution in [1.82, 2.24) is 30.7 Å². The minimum absolute atomic E-state index is 0.0252. The van der Waals surface area contributed by atoms with Crippen molar-refractivity contribution in [2.45, 2.75) is 59.2 Å². The smallest absolute Gasteiger partial charge is 0.407 e. The van der Waals surface area contributed by atoms with Crippen LogP contribution in [0.3, 0.4) is 0 Å². The third-order valence-corrected chi connectivity index (χ3v) is 6.72. The monoisotopic (exact) mass is 781 g/mol. The fourth-order valence-electron chi connectivity index (χ4n) is 4.13. The van der Waals surface area contributed by atoms with Crippen LogP contribution >= 0.6 is 0 Å². The molecular weight excluding hydrogens is 708 g/mol. The fourth-order valence-corrected chi connectivity index (χ4v) is 4.13. The second kappa shape index (κ2) is 31.4. The Balaban J connectivity index is 3.77. The molecule has 0 spiro atoms. The van der Waals surface area contributed by atoms with Gasteiger partial charge in [0.25, 0.3) is 0 Å². The molecule has 0 atom stereocenters. The lowest BCUT2D eigenvalue weighted by molar-refractivity contribution is -0.131. The molecule has 0 fully saturated rings. The van der Waals surface area contributed by atoms with E-state index >= 15 is 0 Å². The second-order valence-corrected chi connectivity index (χ2v) is 14.5. The summed E-state index contributed by atoms with van der Waals surface area (Å²) in [5.41, 5.74) is -1.15. The Morgan fingerprint density at radius 1 is 0.481 bits per heavy atom. The normalized spacial score (nSPS) is 11.8. The molecule has 4 amide bonds. The summed E-state index contributed by atoms with van der Waals surface area (Å²) in [6, 6.07) is 0. The first-order chi connectivity index (χ1) is 25.5. The van der Waals surface area contributed by atoms with Crippen molar-refractivity contribution in [2.24, 2.45) is 0 Å². The number of likely N-dealkylation sites (N-methyl/N-ethyl adjacent to an activating group) is 2. The fraction of sp³-hybridized carbons (Fsp3) is 0.889. The van der Waals surface area contributed by atoms with Crippen LogP contribution in [0, 0.1) is 0 Å². The molecule has 18 heteroatoms. The molecule has 0 saturated carbocycles. The van der Waals surface area contributed by atoms with Gasteiger partial charge >= 0.3 is 12.2 Å². The highest BCUT2D eigenvalue weighted by Gasteiger charge is 2.18. The lowest BCUT2D eigenvalue weighted by Gasteiger charge is -2.24. The summed E-state index contributed by atoms with van der Waals surface area (Å²) in [5.74, 6) is -0.148.